The van der Waals surface area contributed by atoms with Crippen LogP contribution in [0.15, 0.2) is 0 Å². The molecular formula is C7H7IN2O3. The molecule has 0 aliphatic carbocycles. The molecule has 0 radical (unpaired) electrons. The zero-order valence-electron chi connectivity index (χ0n) is 7.07. The van der Waals surface area contributed by atoms with Gasteiger partial charge in [0.1, 0.15) is 3.70 Å². The van der Waals surface area contributed by atoms with Crippen molar-refractivity contribution in [3.05, 3.63) is 15.2 Å². The Morgan fingerprint density at radius 3 is 2.69 bits per heavy atom. The van der Waals surface area contributed by atoms with Gasteiger partial charge in [-0.2, -0.15) is 0 Å². The van der Waals surface area contributed by atoms with Crippen LogP contribution in [0.2, 0.25) is 0 Å². The molecule has 0 fully saturated rings. The van der Waals surface area contributed by atoms with Crippen molar-refractivity contribution in [1.29, 1.82) is 0 Å². The van der Waals surface area contributed by atoms with Crippen molar-refractivity contribution in [3.8, 4) is 0 Å². The molecule has 0 amide bonds. The summed E-state index contributed by atoms with van der Waals surface area (Å²) >= 11 is 1.88. The molecular weight excluding hydrogens is 287 g/mol. The Morgan fingerprint density at radius 2 is 2.31 bits per heavy atom. The maximum atomic E-state index is 11.2. The molecule has 0 aromatic carbocycles. The van der Waals surface area contributed by atoms with Crippen LogP contribution in [0.5, 0.6) is 0 Å². The summed E-state index contributed by atoms with van der Waals surface area (Å²) < 4.78 is 6.41. The molecule has 0 unspecified atom stereocenters. The number of aromatic nitrogens is 2. The summed E-state index contributed by atoms with van der Waals surface area (Å²) in [5.74, 6) is -0.280. The molecule has 1 aromatic rings. The number of imidazole rings is 1. The van der Waals surface area contributed by atoms with E-state index < -0.39 is 5.97 Å². The summed E-state index contributed by atoms with van der Waals surface area (Å²) in [4.78, 5) is 25.5. The number of carbonyl (C=O) groups is 2. The number of ether oxygens (including phenoxy) is 1. The van der Waals surface area contributed by atoms with Gasteiger partial charge in [-0.15, -0.1) is 0 Å². The van der Waals surface area contributed by atoms with Gasteiger partial charge in [0.05, 0.1) is 7.11 Å². The monoisotopic (exact) mass is 294 g/mol. The fourth-order valence-corrected chi connectivity index (χ4v) is 1.73. The lowest BCUT2D eigenvalue weighted by Crippen LogP contribution is -2.10. The van der Waals surface area contributed by atoms with Crippen LogP contribution in [0, 0.1) is 3.70 Å². The Morgan fingerprint density at radius 1 is 1.69 bits per heavy atom. The predicted octanol–water partition coefficient (Wildman–Crippen LogP) is 0.624. The molecule has 0 N–H and O–H groups in total. The van der Waals surface area contributed by atoms with E-state index >= 15 is 0 Å². The molecule has 6 heteroatoms. The van der Waals surface area contributed by atoms with E-state index in [1.54, 1.807) is 7.05 Å². The molecule has 0 bridgehead atoms. The van der Waals surface area contributed by atoms with E-state index in [2.05, 4.69) is 9.72 Å². The van der Waals surface area contributed by atoms with Crippen molar-refractivity contribution in [2.45, 2.75) is 0 Å². The Labute approximate surface area is 88.2 Å². The standard InChI is InChI=1S/C7H7IN2O3/c1-10-4(3-11)9-6(8)5(10)7(12)13-2/h3H,1-2H3. The molecule has 1 aromatic heterocycles. The summed E-state index contributed by atoms with van der Waals surface area (Å²) in [5, 5.41) is 0. The summed E-state index contributed by atoms with van der Waals surface area (Å²) in [7, 11) is 2.87. The van der Waals surface area contributed by atoms with Crippen molar-refractivity contribution in [2.24, 2.45) is 7.05 Å². The zero-order chi connectivity index (χ0) is 10.0. The van der Waals surface area contributed by atoms with Crippen LogP contribution >= 0.6 is 22.6 Å². The first-order chi connectivity index (χ1) is 6.11. The van der Waals surface area contributed by atoms with Crippen LogP contribution in [0.3, 0.4) is 0 Å². The third kappa shape index (κ3) is 1.71. The summed E-state index contributed by atoms with van der Waals surface area (Å²) in [6, 6.07) is 0. The summed E-state index contributed by atoms with van der Waals surface area (Å²) in [6.45, 7) is 0. The van der Waals surface area contributed by atoms with Crippen molar-refractivity contribution >= 4 is 34.8 Å². The van der Waals surface area contributed by atoms with E-state index in [0.29, 0.717) is 15.7 Å². The number of aldehydes is 1. The van der Waals surface area contributed by atoms with E-state index in [0.717, 1.165) is 0 Å². The van der Waals surface area contributed by atoms with Crippen LogP contribution in [0.1, 0.15) is 21.1 Å². The Balaban J connectivity index is 3.28. The van der Waals surface area contributed by atoms with Gasteiger partial charge in [-0.25, -0.2) is 9.78 Å². The van der Waals surface area contributed by atoms with Gasteiger partial charge in [-0.1, -0.05) is 0 Å². The van der Waals surface area contributed by atoms with Crippen LogP contribution in [-0.2, 0) is 11.8 Å². The molecule has 0 spiro atoms. The largest absolute Gasteiger partial charge is 0.464 e. The maximum Gasteiger partial charge on any atom is 0.357 e. The van der Waals surface area contributed by atoms with Gasteiger partial charge in [0, 0.05) is 7.05 Å². The second-order valence-electron chi connectivity index (χ2n) is 2.28. The van der Waals surface area contributed by atoms with E-state index in [4.69, 9.17) is 0 Å². The number of methoxy groups -OCH3 is 1. The van der Waals surface area contributed by atoms with Gasteiger partial charge >= 0.3 is 5.97 Å². The van der Waals surface area contributed by atoms with E-state index in [-0.39, 0.29) is 5.82 Å². The summed E-state index contributed by atoms with van der Waals surface area (Å²) in [6.07, 6.45) is 0.592. The van der Waals surface area contributed by atoms with E-state index in [1.807, 2.05) is 22.6 Å². The van der Waals surface area contributed by atoms with Crippen molar-refractivity contribution in [1.82, 2.24) is 9.55 Å². The normalized spacial score (nSPS) is 9.77. The fraction of sp³-hybridized carbons (Fsp3) is 0.286. The van der Waals surface area contributed by atoms with Crippen LogP contribution in [-0.4, -0.2) is 28.9 Å². The number of rotatable bonds is 2. The van der Waals surface area contributed by atoms with Gasteiger partial charge in [0.2, 0.25) is 0 Å². The highest BCUT2D eigenvalue weighted by molar-refractivity contribution is 14.1. The molecule has 5 nitrogen and oxygen atoms in total. The second kappa shape index (κ2) is 3.86. The lowest BCUT2D eigenvalue weighted by atomic mass is 10.5. The minimum absolute atomic E-state index is 0.213. The molecule has 0 saturated heterocycles. The number of carbonyl (C=O) groups excluding carboxylic acids is 2. The van der Waals surface area contributed by atoms with E-state index in [9.17, 15) is 9.59 Å². The molecule has 0 aliphatic rings. The average molecular weight is 294 g/mol. The number of hydrogen-bond donors (Lipinski definition) is 0. The molecule has 1 heterocycles. The van der Waals surface area contributed by atoms with Gasteiger partial charge in [0.15, 0.2) is 17.8 Å². The van der Waals surface area contributed by atoms with Crippen molar-refractivity contribution in [3.63, 3.8) is 0 Å². The van der Waals surface area contributed by atoms with Crippen LogP contribution in [0.4, 0.5) is 0 Å². The smallest absolute Gasteiger partial charge is 0.357 e. The minimum atomic E-state index is -0.493. The number of nitrogens with zero attached hydrogens (tertiary/aromatic N) is 2. The predicted molar refractivity (Wildman–Crippen MR) is 52.7 cm³/mol. The third-order valence-corrected chi connectivity index (χ3v) is 2.32. The molecule has 1 rings (SSSR count). The molecule has 0 atom stereocenters. The van der Waals surface area contributed by atoms with Crippen molar-refractivity contribution in [2.75, 3.05) is 7.11 Å². The topological polar surface area (TPSA) is 61.2 Å². The highest BCUT2D eigenvalue weighted by atomic mass is 127. The molecule has 0 saturated carbocycles. The maximum absolute atomic E-state index is 11.2. The highest BCUT2D eigenvalue weighted by Crippen LogP contribution is 2.12. The lowest BCUT2D eigenvalue weighted by molar-refractivity contribution is 0.0588. The Bertz CT molecular complexity index is 359. The fourth-order valence-electron chi connectivity index (χ4n) is 0.905. The average Bonchev–Trinajstić information content (AvgIpc) is 2.40. The zero-order valence-corrected chi connectivity index (χ0v) is 9.23. The van der Waals surface area contributed by atoms with Gasteiger partial charge < -0.3 is 9.30 Å². The first-order valence-electron chi connectivity index (χ1n) is 3.37. The summed E-state index contributed by atoms with van der Waals surface area (Å²) in [5.41, 5.74) is 0.296. The van der Waals surface area contributed by atoms with Crippen LogP contribution in [0.25, 0.3) is 0 Å². The quantitative estimate of drug-likeness (QED) is 0.456. The Hall–Kier alpha value is -0.920. The van der Waals surface area contributed by atoms with Crippen molar-refractivity contribution < 1.29 is 14.3 Å². The third-order valence-electron chi connectivity index (χ3n) is 1.57. The number of hydrogen-bond acceptors (Lipinski definition) is 4. The molecule has 70 valence electrons. The Kier molecular flexibility index (Phi) is 3.02. The second-order valence-corrected chi connectivity index (χ2v) is 3.30. The lowest BCUT2D eigenvalue weighted by Gasteiger charge is -2.00. The van der Waals surface area contributed by atoms with E-state index in [1.165, 1.54) is 11.7 Å². The first-order valence-corrected chi connectivity index (χ1v) is 4.45. The SMILES string of the molecule is COC(=O)c1c(I)nc(C=O)n1C. The van der Waals surface area contributed by atoms with Crippen LogP contribution < -0.4 is 0 Å². The first kappa shape index (κ1) is 10.2. The minimum Gasteiger partial charge on any atom is -0.464 e. The molecule has 0 aliphatic heterocycles. The van der Waals surface area contributed by atoms with Gasteiger partial charge in [-0.05, 0) is 22.6 Å². The molecule has 13 heavy (non-hydrogen) atoms. The number of halogens is 1. The van der Waals surface area contributed by atoms with Gasteiger partial charge in [0.25, 0.3) is 0 Å². The number of esters is 1. The van der Waals surface area contributed by atoms with Gasteiger partial charge in [-0.3, -0.25) is 4.79 Å². The highest BCUT2D eigenvalue weighted by Gasteiger charge is 2.19.